The summed E-state index contributed by atoms with van der Waals surface area (Å²) in [5, 5.41) is 6.90. The second kappa shape index (κ2) is 5.42. The lowest BCUT2D eigenvalue weighted by atomic mass is 10.1. The largest absolute Gasteiger partial charge is 0.366 e. The van der Waals surface area contributed by atoms with Gasteiger partial charge in [-0.05, 0) is 11.6 Å². The number of carbonyl (C=O) groups excluding carboxylic acids is 1. The molecule has 1 aromatic heterocycles. The van der Waals surface area contributed by atoms with Gasteiger partial charge < -0.3 is 15.6 Å². The van der Waals surface area contributed by atoms with E-state index in [9.17, 15) is 4.79 Å². The van der Waals surface area contributed by atoms with Crippen molar-refractivity contribution in [1.82, 2.24) is 15.5 Å². The molecule has 0 unspecified atom stereocenters. The summed E-state index contributed by atoms with van der Waals surface area (Å²) in [5.74, 6) is 0.691. The van der Waals surface area contributed by atoms with Crippen LogP contribution in [-0.4, -0.2) is 16.0 Å². The van der Waals surface area contributed by atoms with Crippen molar-refractivity contribution in [3.05, 3.63) is 47.1 Å². The van der Waals surface area contributed by atoms with Crippen LogP contribution < -0.4 is 11.1 Å². The number of amides is 1. The molecule has 0 aliphatic heterocycles. The highest BCUT2D eigenvalue weighted by Gasteiger charge is 2.07. The van der Waals surface area contributed by atoms with Crippen molar-refractivity contribution in [2.24, 2.45) is 5.73 Å². The van der Waals surface area contributed by atoms with Crippen LogP contribution in [0.4, 0.5) is 0 Å². The molecule has 2 rings (SSSR count). The lowest BCUT2D eigenvalue weighted by Crippen LogP contribution is -2.19. The second-order valence-corrected chi connectivity index (χ2v) is 3.85. The molecule has 94 valence electrons. The van der Waals surface area contributed by atoms with Crippen molar-refractivity contribution < 1.29 is 9.32 Å². The Bertz CT molecular complexity index is 551. The molecule has 18 heavy (non-hydrogen) atoms. The number of primary amides is 1. The van der Waals surface area contributed by atoms with Gasteiger partial charge in [0.25, 0.3) is 0 Å². The molecule has 6 heteroatoms. The smallest absolute Gasteiger partial charge is 0.249 e. The van der Waals surface area contributed by atoms with Gasteiger partial charge in [0, 0.05) is 19.0 Å². The van der Waals surface area contributed by atoms with Crippen LogP contribution in [0.3, 0.4) is 0 Å². The fourth-order valence-corrected chi connectivity index (χ4v) is 1.64. The summed E-state index contributed by atoms with van der Waals surface area (Å²) in [6.07, 6.45) is 0. The molecule has 6 nitrogen and oxygen atoms in total. The van der Waals surface area contributed by atoms with Crippen LogP contribution in [0, 0.1) is 6.92 Å². The zero-order valence-corrected chi connectivity index (χ0v) is 10.0. The molecule has 3 N–H and O–H groups in total. The van der Waals surface area contributed by atoms with Gasteiger partial charge in [-0.2, -0.15) is 4.98 Å². The van der Waals surface area contributed by atoms with Crippen molar-refractivity contribution >= 4 is 5.91 Å². The summed E-state index contributed by atoms with van der Waals surface area (Å²) in [4.78, 5) is 15.3. The van der Waals surface area contributed by atoms with Gasteiger partial charge in [0.2, 0.25) is 11.8 Å². The van der Waals surface area contributed by atoms with E-state index < -0.39 is 5.91 Å². The highest BCUT2D eigenvalue weighted by atomic mass is 16.5. The van der Waals surface area contributed by atoms with Crippen molar-refractivity contribution in [2.75, 3.05) is 0 Å². The van der Waals surface area contributed by atoms with E-state index in [1.165, 1.54) is 0 Å². The number of rotatable bonds is 5. The lowest BCUT2D eigenvalue weighted by Gasteiger charge is -2.06. The number of hydrogen-bond donors (Lipinski definition) is 2. The zero-order chi connectivity index (χ0) is 13.0. The second-order valence-electron chi connectivity index (χ2n) is 3.85. The number of aromatic nitrogens is 2. The molecule has 1 amide bonds. The van der Waals surface area contributed by atoms with E-state index in [0.29, 0.717) is 30.4 Å². The van der Waals surface area contributed by atoms with Crippen LogP contribution in [0.2, 0.25) is 0 Å². The molecule has 0 radical (unpaired) electrons. The van der Waals surface area contributed by atoms with E-state index in [1.54, 1.807) is 19.1 Å². The van der Waals surface area contributed by atoms with Crippen LogP contribution in [0.25, 0.3) is 0 Å². The SMILES string of the molecule is Cc1nc(CNCc2ccccc2C(N)=O)no1. The van der Waals surface area contributed by atoms with Gasteiger partial charge in [-0.1, -0.05) is 23.4 Å². The van der Waals surface area contributed by atoms with E-state index in [1.807, 2.05) is 12.1 Å². The summed E-state index contributed by atoms with van der Waals surface area (Å²) in [6.45, 7) is 2.73. The molecule has 0 saturated carbocycles. The molecule has 0 aliphatic carbocycles. The Hall–Kier alpha value is -2.21. The van der Waals surface area contributed by atoms with Crippen LogP contribution in [-0.2, 0) is 13.1 Å². The molecule has 1 aromatic carbocycles. The topological polar surface area (TPSA) is 94.0 Å². The first-order valence-electron chi connectivity index (χ1n) is 5.54. The number of aryl methyl sites for hydroxylation is 1. The summed E-state index contributed by atoms with van der Waals surface area (Å²) in [5.41, 5.74) is 6.67. The molecule has 0 bridgehead atoms. The number of nitrogens with zero attached hydrogens (tertiary/aromatic N) is 2. The van der Waals surface area contributed by atoms with Gasteiger partial charge in [-0.3, -0.25) is 4.79 Å². The van der Waals surface area contributed by atoms with Crippen molar-refractivity contribution in [2.45, 2.75) is 20.0 Å². The summed E-state index contributed by atoms with van der Waals surface area (Å²) >= 11 is 0. The third kappa shape index (κ3) is 2.92. The average molecular weight is 246 g/mol. The number of carbonyl (C=O) groups is 1. The number of benzene rings is 1. The summed E-state index contributed by atoms with van der Waals surface area (Å²) in [7, 11) is 0. The van der Waals surface area contributed by atoms with Crippen LogP contribution in [0.1, 0.15) is 27.6 Å². The Morgan fingerprint density at radius 1 is 1.39 bits per heavy atom. The minimum atomic E-state index is -0.428. The molecular formula is C12H14N4O2. The van der Waals surface area contributed by atoms with Crippen molar-refractivity contribution in [3.63, 3.8) is 0 Å². The Morgan fingerprint density at radius 3 is 2.83 bits per heavy atom. The Kier molecular flexibility index (Phi) is 3.69. The van der Waals surface area contributed by atoms with Gasteiger partial charge >= 0.3 is 0 Å². The van der Waals surface area contributed by atoms with E-state index in [-0.39, 0.29) is 0 Å². The Balaban J connectivity index is 1.96. The van der Waals surface area contributed by atoms with Gasteiger partial charge in [0.05, 0.1) is 6.54 Å². The van der Waals surface area contributed by atoms with Crippen molar-refractivity contribution in [1.29, 1.82) is 0 Å². The van der Waals surface area contributed by atoms with E-state index in [4.69, 9.17) is 10.3 Å². The monoisotopic (exact) mass is 246 g/mol. The van der Waals surface area contributed by atoms with Gasteiger partial charge in [-0.15, -0.1) is 0 Å². The molecule has 0 atom stereocenters. The maximum atomic E-state index is 11.2. The molecule has 0 fully saturated rings. The quantitative estimate of drug-likeness (QED) is 0.812. The Labute approximate surface area is 104 Å². The summed E-state index contributed by atoms with van der Waals surface area (Å²) in [6, 6.07) is 7.21. The fourth-order valence-electron chi connectivity index (χ4n) is 1.64. The molecule has 0 spiro atoms. The summed E-state index contributed by atoms with van der Waals surface area (Å²) < 4.78 is 4.85. The molecule has 2 aromatic rings. The standard InChI is InChI=1S/C12H14N4O2/c1-8-15-11(16-18-8)7-14-6-9-4-2-3-5-10(9)12(13)17/h2-5,14H,6-7H2,1H3,(H2,13,17). The average Bonchev–Trinajstić information content (AvgIpc) is 2.75. The normalized spacial score (nSPS) is 10.5. The van der Waals surface area contributed by atoms with Gasteiger partial charge in [-0.25, -0.2) is 0 Å². The predicted molar refractivity (Wildman–Crippen MR) is 64.5 cm³/mol. The minimum absolute atomic E-state index is 0.428. The fraction of sp³-hybridized carbons (Fsp3) is 0.250. The first-order chi connectivity index (χ1) is 8.66. The number of nitrogens with two attached hydrogens (primary N) is 1. The third-order valence-corrected chi connectivity index (χ3v) is 2.45. The number of hydrogen-bond acceptors (Lipinski definition) is 5. The Morgan fingerprint density at radius 2 is 2.17 bits per heavy atom. The minimum Gasteiger partial charge on any atom is -0.366 e. The highest BCUT2D eigenvalue weighted by Crippen LogP contribution is 2.07. The van der Waals surface area contributed by atoms with Crippen LogP contribution in [0.15, 0.2) is 28.8 Å². The zero-order valence-electron chi connectivity index (χ0n) is 10.0. The molecular weight excluding hydrogens is 232 g/mol. The first kappa shape index (κ1) is 12.3. The molecule has 0 aliphatic rings. The van der Waals surface area contributed by atoms with Crippen molar-refractivity contribution in [3.8, 4) is 0 Å². The lowest BCUT2D eigenvalue weighted by molar-refractivity contribution is 0.0999. The van der Waals surface area contributed by atoms with E-state index >= 15 is 0 Å². The van der Waals surface area contributed by atoms with E-state index in [2.05, 4.69) is 15.5 Å². The molecule has 0 saturated heterocycles. The first-order valence-corrected chi connectivity index (χ1v) is 5.54. The van der Waals surface area contributed by atoms with Crippen LogP contribution in [0.5, 0.6) is 0 Å². The molecule has 1 heterocycles. The predicted octanol–water partition coefficient (Wildman–Crippen LogP) is 0.767. The third-order valence-electron chi connectivity index (χ3n) is 2.45. The number of nitrogens with one attached hydrogen (secondary N) is 1. The van der Waals surface area contributed by atoms with Gasteiger partial charge in [0.1, 0.15) is 0 Å². The highest BCUT2D eigenvalue weighted by molar-refractivity contribution is 5.94. The maximum absolute atomic E-state index is 11.2. The van der Waals surface area contributed by atoms with Crippen LogP contribution >= 0.6 is 0 Å². The maximum Gasteiger partial charge on any atom is 0.249 e. The van der Waals surface area contributed by atoms with E-state index in [0.717, 1.165) is 5.56 Å². The van der Waals surface area contributed by atoms with Gasteiger partial charge in [0.15, 0.2) is 5.82 Å².